The van der Waals surface area contributed by atoms with Crippen LogP contribution in [0.25, 0.3) is 0 Å². The molecule has 3 amide bonds. The number of rotatable bonds is 18. The fraction of sp³-hybridized carbons (Fsp3) is 0.512. The fourth-order valence-corrected chi connectivity index (χ4v) is 6.82. The van der Waals surface area contributed by atoms with Crippen molar-refractivity contribution in [1.82, 2.24) is 15.5 Å². The summed E-state index contributed by atoms with van der Waals surface area (Å²) in [6.07, 6.45) is 15.6. The summed E-state index contributed by atoms with van der Waals surface area (Å²) >= 11 is 0. The Morgan fingerprint density at radius 3 is 1.81 bits per heavy atom. The minimum absolute atomic E-state index is 0.0767. The zero-order chi connectivity index (χ0) is 33.3. The van der Waals surface area contributed by atoms with Gasteiger partial charge < -0.3 is 16.0 Å². The number of anilines is 1. The van der Waals surface area contributed by atoms with Gasteiger partial charge in [0.2, 0.25) is 0 Å². The zero-order valence-corrected chi connectivity index (χ0v) is 29.1. The molecular formula is C41H58N4O2. The van der Waals surface area contributed by atoms with E-state index in [2.05, 4.69) is 102 Å². The summed E-state index contributed by atoms with van der Waals surface area (Å²) < 4.78 is 0. The second-order valence-corrected chi connectivity index (χ2v) is 13.9. The molecule has 0 spiro atoms. The Hall–Kier alpha value is -3.64. The molecule has 0 bridgehead atoms. The van der Waals surface area contributed by atoms with E-state index >= 15 is 0 Å². The number of unbranched alkanes of at least 4 members (excludes halogenated alkanes) is 9. The SMILES string of the molecule is CCCCCCCCCCCCC(C)(C)NC(=O)Nc1ccccc1C(=O)NC1CCN(C(c2ccccc2)c2ccccc2)CC1. The minimum Gasteiger partial charge on any atom is -0.349 e. The molecule has 0 aromatic heterocycles. The third kappa shape index (κ3) is 12.2. The summed E-state index contributed by atoms with van der Waals surface area (Å²) in [7, 11) is 0. The number of piperidine rings is 1. The summed E-state index contributed by atoms with van der Waals surface area (Å²) in [5, 5.41) is 9.36. The van der Waals surface area contributed by atoms with E-state index in [4.69, 9.17) is 0 Å². The molecule has 1 aliphatic heterocycles. The average molecular weight is 639 g/mol. The number of nitrogens with one attached hydrogen (secondary N) is 3. The van der Waals surface area contributed by atoms with Crippen LogP contribution in [0.1, 0.15) is 132 Å². The van der Waals surface area contributed by atoms with Gasteiger partial charge in [-0.3, -0.25) is 9.69 Å². The fourth-order valence-electron chi connectivity index (χ4n) is 6.82. The first-order valence-electron chi connectivity index (χ1n) is 18.2. The van der Waals surface area contributed by atoms with Crippen LogP contribution >= 0.6 is 0 Å². The lowest BCUT2D eigenvalue weighted by atomic mass is 9.94. The third-order valence-corrected chi connectivity index (χ3v) is 9.49. The molecule has 254 valence electrons. The highest BCUT2D eigenvalue weighted by atomic mass is 16.2. The van der Waals surface area contributed by atoms with Crippen molar-refractivity contribution >= 4 is 17.6 Å². The van der Waals surface area contributed by atoms with Crippen molar-refractivity contribution in [2.75, 3.05) is 18.4 Å². The molecular weight excluding hydrogens is 580 g/mol. The molecule has 0 atom stereocenters. The van der Waals surface area contributed by atoms with Crippen LogP contribution in [0.4, 0.5) is 10.5 Å². The molecule has 47 heavy (non-hydrogen) atoms. The maximum absolute atomic E-state index is 13.5. The molecule has 0 aliphatic carbocycles. The summed E-state index contributed by atoms with van der Waals surface area (Å²) in [4.78, 5) is 29.0. The number of benzene rings is 3. The van der Waals surface area contributed by atoms with Gasteiger partial charge in [0.25, 0.3) is 5.91 Å². The van der Waals surface area contributed by atoms with Crippen LogP contribution in [0.2, 0.25) is 0 Å². The van der Waals surface area contributed by atoms with Gasteiger partial charge in [0.15, 0.2) is 0 Å². The van der Waals surface area contributed by atoms with Gasteiger partial charge >= 0.3 is 6.03 Å². The molecule has 1 heterocycles. The van der Waals surface area contributed by atoms with E-state index in [9.17, 15) is 9.59 Å². The largest absolute Gasteiger partial charge is 0.349 e. The highest BCUT2D eigenvalue weighted by Gasteiger charge is 2.29. The molecule has 6 heteroatoms. The number of carbonyl (C=O) groups excluding carboxylic acids is 2. The second-order valence-electron chi connectivity index (χ2n) is 13.9. The van der Waals surface area contributed by atoms with Crippen LogP contribution in [0.5, 0.6) is 0 Å². The van der Waals surface area contributed by atoms with E-state index in [1.54, 1.807) is 12.1 Å². The highest BCUT2D eigenvalue weighted by molar-refractivity contribution is 6.03. The van der Waals surface area contributed by atoms with E-state index in [0.29, 0.717) is 11.3 Å². The van der Waals surface area contributed by atoms with Crippen molar-refractivity contribution in [3.63, 3.8) is 0 Å². The van der Waals surface area contributed by atoms with Gasteiger partial charge in [0, 0.05) is 24.7 Å². The van der Waals surface area contributed by atoms with Crippen LogP contribution < -0.4 is 16.0 Å². The number of carbonyl (C=O) groups is 2. The van der Waals surface area contributed by atoms with Gasteiger partial charge in [-0.25, -0.2) is 4.79 Å². The van der Waals surface area contributed by atoms with Crippen molar-refractivity contribution in [1.29, 1.82) is 0 Å². The number of nitrogens with zero attached hydrogens (tertiary/aromatic N) is 1. The first-order valence-corrected chi connectivity index (χ1v) is 18.2. The van der Waals surface area contributed by atoms with E-state index in [1.807, 2.05) is 12.1 Å². The Kier molecular flexibility index (Phi) is 14.8. The molecule has 1 fully saturated rings. The van der Waals surface area contributed by atoms with Crippen LogP contribution in [-0.4, -0.2) is 41.5 Å². The number of likely N-dealkylation sites (tertiary alicyclic amines) is 1. The molecule has 6 nitrogen and oxygen atoms in total. The van der Waals surface area contributed by atoms with Crippen molar-refractivity contribution in [2.45, 2.75) is 122 Å². The van der Waals surface area contributed by atoms with Gasteiger partial charge in [0.1, 0.15) is 0 Å². The molecule has 3 aromatic carbocycles. The first-order chi connectivity index (χ1) is 22.9. The number of para-hydroxylation sites is 1. The monoisotopic (exact) mass is 638 g/mol. The van der Waals surface area contributed by atoms with E-state index < -0.39 is 0 Å². The van der Waals surface area contributed by atoms with E-state index in [0.717, 1.165) is 38.8 Å². The first kappa shape index (κ1) is 36.2. The van der Waals surface area contributed by atoms with Crippen molar-refractivity contribution < 1.29 is 9.59 Å². The predicted molar refractivity (Wildman–Crippen MR) is 196 cm³/mol. The second kappa shape index (κ2) is 19.2. The van der Waals surface area contributed by atoms with E-state index in [1.165, 1.54) is 68.9 Å². The molecule has 0 radical (unpaired) electrons. The smallest absolute Gasteiger partial charge is 0.319 e. The molecule has 0 unspecified atom stereocenters. The maximum Gasteiger partial charge on any atom is 0.319 e. The molecule has 3 N–H and O–H groups in total. The Balaban J connectivity index is 1.22. The third-order valence-electron chi connectivity index (χ3n) is 9.49. The summed E-state index contributed by atoms with van der Waals surface area (Å²) in [5.74, 6) is -0.147. The standard InChI is InChI=1S/C41H58N4O2/c1-4-5-6-7-8-9-10-11-12-21-30-41(2,3)44-40(47)43-37-27-20-19-26-36(37)39(46)42-35-28-31-45(32-29-35)38(33-22-15-13-16-23-33)34-24-17-14-18-25-34/h13-20,22-27,35,38H,4-12,21,28-32H2,1-3H3,(H,42,46)(H2,43,44,47). The number of hydrogen-bond donors (Lipinski definition) is 3. The lowest BCUT2D eigenvalue weighted by Crippen LogP contribution is -2.46. The van der Waals surface area contributed by atoms with Gasteiger partial charge in [-0.15, -0.1) is 0 Å². The van der Waals surface area contributed by atoms with Gasteiger partial charge in [-0.05, 0) is 56.4 Å². The van der Waals surface area contributed by atoms with Gasteiger partial charge in [-0.1, -0.05) is 144 Å². The summed E-state index contributed by atoms with van der Waals surface area (Å²) in [6, 6.07) is 28.6. The highest BCUT2D eigenvalue weighted by Crippen LogP contribution is 2.31. The van der Waals surface area contributed by atoms with Crippen LogP contribution in [0, 0.1) is 0 Å². The van der Waals surface area contributed by atoms with Crippen LogP contribution in [0.15, 0.2) is 84.9 Å². The van der Waals surface area contributed by atoms with Crippen LogP contribution in [0.3, 0.4) is 0 Å². The molecule has 0 saturated carbocycles. The Morgan fingerprint density at radius 1 is 0.723 bits per heavy atom. The van der Waals surface area contributed by atoms with Crippen LogP contribution in [-0.2, 0) is 0 Å². The number of hydrogen-bond acceptors (Lipinski definition) is 3. The minimum atomic E-state index is -0.327. The summed E-state index contributed by atoms with van der Waals surface area (Å²) in [6.45, 7) is 8.18. The molecule has 1 aliphatic rings. The van der Waals surface area contributed by atoms with Crippen molar-refractivity contribution in [3.05, 3.63) is 102 Å². The lowest BCUT2D eigenvalue weighted by Gasteiger charge is -2.38. The number of amides is 3. The van der Waals surface area contributed by atoms with E-state index in [-0.39, 0.29) is 29.6 Å². The summed E-state index contributed by atoms with van der Waals surface area (Å²) in [5.41, 5.74) is 3.26. The lowest BCUT2D eigenvalue weighted by molar-refractivity contribution is 0.0901. The molecule has 3 aromatic rings. The Morgan fingerprint density at radius 2 is 1.23 bits per heavy atom. The normalized spacial score (nSPS) is 14.2. The Labute approximate surface area is 284 Å². The topological polar surface area (TPSA) is 73.5 Å². The maximum atomic E-state index is 13.5. The Bertz CT molecular complexity index is 1300. The van der Waals surface area contributed by atoms with Crippen molar-refractivity contribution in [3.8, 4) is 0 Å². The molecule has 1 saturated heterocycles. The zero-order valence-electron chi connectivity index (χ0n) is 29.1. The van der Waals surface area contributed by atoms with Crippen molar-refractivity contribution in [2.24, 2.45) is 0 Å². The predicted octanol–water partition coefficient (Wildman–Crippen LogP) is 9.88. The van der Waals surface area contributed by atoms with Gasteiger partial charge in [0.05, 0.1) is 17.3 Å². The quantitative estimate of drug-likeness (QED) is 0.121. The molecule has 4 rings (SSSR count). The average Bonchev–Trinajstić information content (AvgIpc) is 3.07. The van der Waals surface area contributed by atoms with Gasteiger partial charge in [-0.2, -0.15) is 0 Å². The number of urea groups is 1.